The molecule has 0 unspecified atom stereocenters. The van der Waals surface area contributed by atoms with Gasteiger partial charge in [0.15, 0.2) is 6.61 Å². The molecule has 4 nitrogen and oxygen atoms in total. The quantitative estimate of drug-likeness (QED) is 0.605. The number of nitrogens with one attached hydrogen (secondary N) is 2. The summed E-state index contributed by atoms with van der Waals surface area (Å²) in [5.74, 6) is 0.611. The Labute approximate surface area is 154 Å². The van der Waals surface area contributed by atoms with Crippen molar-refractivity contribution in [3.63, 3.8) is 0 Å². The van der Waals surface area contributed by atoms with Gasteiger partial charge in [0, 0.05) is 24.2 Å². The van der Waals surface area contributed by atoms with Crippen LogP contribution >= 0.6 is 0 Å². The van der Waals surface area contributed by atoms with Crippen molar-refractivity contribution in [2.45, 2.75) is 13.3 Å². The van der Waals surface area contributed by atoms with Crippen LogP contribution in [0.15, 0.2) is 66.7 Å². The molecule has 0 aliphatic heterocycles. The molecule has 0 heterocycles. The Morgan fingerprint density at radius 1 is 0.962 bits per heavy atom. The summed E-state index contributed by atoms with van der Waals surface area (Å²) in [4.78, 5) is 11.9. The van der Waals surface area contributed by atoms with E-state index in [4.69, 9.17) is 4.74 Å². The highest BCUT2D eigenvalue weighted by molar-refractivity contribution is 5.93. The Morgan fingerprint density at radius 2 is 1.77 bits per heavy atom. The summed E-state index contributed by atoms with van der Waals surface area (Å²) in [6.07, 6.45) is 0.948. The van der Waals surface area contributed by atoms with Crippen LogP contribution < -0.4 is 15.4 Å². The zero-order valence-corrected chi connectivity index (χ0v) is 15.0. The van der Waals surface area contributed by atoms with Crippen LogP contribution in [0.5, 0.6) is 5.75 Å². The molecule has 0 aliphatic carbocycles. The van der Waals surface area contributed by atoms with Gasteiger partial charge in [0.2, 0.25) is 0 Å². The summed E-state index contributed by atoms with van der Waals surface area (Å²) >= 11 is 0. The first kappa shape index (κ1) is 17.8. The minimum Gasteiger partial charge on any atom is -0.484 e. The standard InChI is InChI=1S/C22H24N2O2/c1-2-17-7-5-10-19(15-17)26-16-22(25)24-14-13-23-21-12-6-9-18-8-3-4-11-20(18)21/h3-12,15,23H,2,13-14,16H2,1H3,(H,24,25). The van der Waals surface area contributed by atoms with Gasteiger partial charge in [0.05, 0.1) is 0 Å². The minimum absolute atomic E-state index is 0.0292. The lowest BCUT2D eigenvalue weighted by molar-refractivity contribution is -0.123. The van der Waals surface area contributed by atoms with Crippen molar-refractivity contribution < 1.29 is 9.53 Å². The number of hydrogen-bond donors (Lipinski definition) is 2. The molecule has 3 aromatic carbocycles. The molecule has 0 saturated carbocycles. The molecule has 0 spiro atoms. The summed E-state index contributed by atoms with van der Waals surface area (Å²) in [7, 11) is 0. The van der Waals surface area contributed by atoms with Gasteiger partial charge < -0.3 is 15.4 Å². The number of amides is 1. The molecule has 0 aliphatic rings. The van der Waals surface area contributed by atoms with E-state index in [9.17, 15) is 4.79 Å². The van der Waals surface area contributed by atoms with Crippen molar-refractivity contribution in [3.8, 4) is 5.75 Å². The summed E-state index contributed by atoms with van der Waals surface area (Å²) < 4.78 is 5.55. The van der Waals surface area contributed by atoms with Gasteiger partial charge >= 0.3 is 0 Å². The third kappa shape index (κ3) is 4.76. The highest BCUT2D eigenvalue weighted by Gasteiger charge is 2.03. The zero-order chi connectivity index (χ0) is 18.2. The fourth-order valence-electron chi connectivity index (χ4n) is 2.83. The second-order valence-electron chi connectivity index (χ2n) is 6.09. The Bertz CT molecular complexity index is 871. The van der Waals surface area contributed by atoms with Gasteiger partial charge in [-0.2, -0.15) is 0 Å². The van der Waals surface area contributed by atoms with Crippen molar-refractivity contribution in [3.05, 3.63) is 72.3 Å². The Balaban J connectivity index is 1.42. The predicted molar refractivity (Wildman–Crippen MR) is 107 cm³/mol. The number of hydrogen-bond acceptors (Lipinski definition) is 3. The molecule has 0 atom stereocenters. The van der Waals surface area contributed by atoms with Gasteiger partial charge in [0.1, 0.15) is 5.75 Å². The maximum Gasteiger partial charge on any atom is 0.258 e. The van der Waals surface area contributed by atoms with E-state index in [0.29, 0.717) is 13.1 Å². The minimum atomic E-state index is -0.119. The van der Waals surface area contributed by atoms with Gasteiger partial charge in [0.25, 0.3) is 5.91 Å². The van der Waals surface area contributed by atoms with Gasteiger partial charge in [-0.3, -0.25) is 4.79 Å². The van der Waals surface area contributed by atoms with Crippen molar-refractivity contribution in [2.24, 2.45) is 0 Å². The van der Waals surface area contributed by atoms with E-state index in [2.05, 4.69) is 35.8 Å². The Morgan fingerprint density at radius 3 is 2.65 bits per heavy atom. The smallest absolute Gasteiger partial charge is 0.258 e. The molecule has 2 N–H and O–H groups in total. The highest BCUT2D eigenvalue weighted by Crippen LogP contribution is 2.22. The molecule has 0 bridgehead atoms. The molecular formula is C22H24N2O2. The van der Waals surface area contributed by atoms with Gasteiger partial charge in [-0.1, -0.05) is 55.5 Å². The largest absolute Gasteiger partial charge is 0.484 e. The Kier molecular flexibility index (Phi) is 6.09. The lowest BCUT2D eigenvalue weighted by Crippen LogP contribution is -2.32. The molecule has 4 heteroatoms. The molecule has 3 aromatic rings. The maximum atomic E-state index is 11.9. The number of benzene rings is 3. The monoisotopic (exact) mass is 348 g/mol. The third-order valence-corrected chi connectivity index (χ3v) is 4.23. The molecule has 3 rings (SSSR count). The summed E-state index contributed by atoms with van der Waals surface area (Å²) in [5.41, 5.74) is 2.27. The summed E-state index contributed by atoms with van der Waals surface area (Å²) in [6.45, 7) is 3.32. The van der Waals surface area contributed by atoms with Crippen molar-refractivity contribution >= 4 is 22.4 Å². The number of rotatable bonds is 8. The van der Waals surface area contributed by atoms with E-state index in [1.165, 1.54) is 16.3 Å². The first-order valence-electron chi connectivity index (χ1n) is 8.96. The van der Waals surface area contributed by atoms with E-state index >= 15 is 0 Å². The number of carbonyl (C=O) groups is 1. The van der Waals surface area contributed by atoms with Crippen LogP contribution in [-0.4, -0.2) is 25.6 Å². The maximum absolute atomic E-state index is 11.9. The van der Waals surface area contributed by atoms with Crippen LogP contribution in [0.1, 0.15) is 12.5 Å². The predicted octanol–water partition coefficient (Wildman–Crippen LogP) is 4.01. The lowest BCUT2D eigenvalue weighted by atomic mass is 10.1. The van der Waals surface area contributed by atoms with Gasteiger partial charge in [-0.15, -0.1) is 0 Å². The van der Waals surface area contributed by atoms with Gasteiger partial charge in [-0.25, -0.2) is 0 Å². The summed E-state index contributed by atoms with van der Waals surface area (Å²) in [5, 5.41) is 8.63. The molecule has 1 amide bonds. The second-order valence-corrected chi connectivity index (χ2v) is 6.09. The van der Waals surface area contributed by atoms with Crippen molar-refractivity contribution in [1.82, 2.24) is 5.32 Å². The normalized spacial score (nSPS) is 10.5. The van der Waals surface area contributed by atoms with E-state index in [-0.39, 0.29) is 12.5 Å². The first-order valence-corrected chi connectivity index (χ1v) is 8.96. The number of anilines is 1. The SMILES string of the molecule is CCc1cccc(OCC(=O)NCCNc2cccc3ccccc23)c1. The van der Waals surface area contributed by atoms with Crippen molar-refractivity contribution in [1.29, 1.82) is 0 Å². The van der Waals surface area contributed by atoms with Crippen LogP contribution in [-0.2, 0) is 11.2 Å². The number of ether oxygens (including phenoxy) is 1. The van der Waals surface area contributed by atoms with Crippen LogP contribution in [0, 0.1) is 0 Å². The molecule has 26 heavy (non-hydrogen) atoms. The molecule has 0 fully saturated rings. The van der Waals surface area contributed by atoms with E-state index in [1.807, 2.05) is 48.5 Å². The van der Waals surface area contributed by atoms with E-state index in [0.717, 1.165) is 17.9 Å². The fourth-order valence-corrected chi connectivity index (χ4v) is 2.83. The average Bonchev–Trinajstić information content (AvgIpc) is 2.70. The summed E-state index contributed by atoms with van der Waals surface area (Å²) in [6, 6.07) is 22.2. The van der Waals surface area contributed by atoms with Crippen molar-refractivity contribution in [2.75, 3.05) is 25.0 Å². The van der Waals surface area contributed by atoms with Crippen LogP contribution in [0.4, 0.5) is 5.69 Å². The fraction of sp³-hybridized carbons (Fsp3) is 0.227. The molecule has 0 aromatic heterocycles. The van der Waals surface area contributed by atoms with E-state index < -0.39 is 0 Å². The van der Waals surface area contributed by atoms with E-state index in [1.54, 1.807) is 0 Å². The highest BCUT2D eigenvalue weighted by atomic mass is 16.5. The lowest BCUT2D eigenvalue weighted by Gasteiger charge is -2.11. The third-order valence-electron chi connectivity index (χ3n) is 4.23. The van der Waals surface area contributed by atoms with Crippen LogP contribution in [0.25, 0.3) is 10.8 Å². The van der Waals surface area contributed by atoms with Crippen LogP contribution in [0.2, 0.25) is 0 Å². The topological polar surface area (TPSA) is 50.4 Å². The number of aryl methyl sites for hydroxylation is 1. The number of carbonyl (C=O) groups excluding carboxylic acids is 1. The molecule has 134 valence electrons. The average molecular weight is 348 g/mol. The Hall–Kier alpha value is -3.01. The molecule has 0 radical (unpaired) electrons. The second kappa shape index (κ2) is 8.90. The molecular weight excluding hydrogens is 324 g/mol. The molecule has 0 saturated heterocycles. The van der Waals surface area contributed by atoms with Crippen LogP contribution in [0.3, 0.4) is 0 Å². The zero-order valence-electron chi connectivity index (χ0n) is 15.0. The van der Waals surface area contributed by atoms with Gasteiger partial charge in [-0.05, 0) is 35.6 Å². The first-order chi connectivity index (χ1) is 12.8. The number of fused-ring (bicyclic) bond motifs is 1.